The minimum Gasteiger partial charge on any atom is -0.367 e. The number of halogens is 4. The molecular weight excluding hydrogens is 423 g/mol. The maximum atomic E-state index is 12.2. The van der Waals surface area contributed by atoms with Gasteiger partial charge in [-0.1, -0.05) is 40.2 Å². The number of ether oxygens (including phenoxy) is 1. The van der Waals surface area contributed by atoms with Crippen molar-refractivity contribution in [2.24, 2.45) is 0 Å². The van der Waals surface area contributed by atoms with Crippen LogP contribution in [-0.2, 0) is 27.9 Å². The van der Waals surface area contributed by atoms with Crippen LogP contribution in [0.2, 0.25) is 0 Å². The molecule has 0 saturated heterocycles. The molecule has 2 rings (SSSR count). The lowest BCUT2D eigenvalue weighted by Gasteiger charge is -2.09. The van der Waals surface area contributed by atoms with Crippen molar-refractivity contribution in [3.05, 3.63) is 64.1 Å². The largest absolute Gasteiger partial charge is 0.411 e. The summed E-state index contributed by atoms with van der Waals surface area (Å²) in [6, 6.07) is 12.7. The smallest absolute Gasteiger partial charge is 0.367 e. The topological polar surface area (TPSA) is 55.4 Å². The van der Waals surface area contributed by atoms with Gasteiger partial charge >= 0.3 is 6.18 Å². The van der Waals surface area contributed by atoms with E-state index in [9.17, 15) is 21.6 Å². The first-order chi connectivity index (χ1) is 11.7. The first-order valence-corrected chi connectivity index (χ1v) is 9.41. The van der Waals surface area contributed by atoms with E-state index in [2.05, 4.69) is 25.4 Å². The van der Waals surface area contributed by atoms with Crippen molar-refractivity contribution in [3.8, 4) is 0 Å². The van der Waals surface area contributed by atoms with E-state index in [4.69, 9.17) is 0 Å². The summed E-state index contributed by atoms with van der Waals surface area (Å²) in [6.07, 6.45) is -4.36. The molecule has 0 aliphatic rings. The van der Waals surface area contributed by atoms with Crippen molar-refractivity contribution in [1.82, 2.24) is 4.72 Å². The molecule has 0 spiro atoms. The summed E-state index contributed by atoms with van der Waals surface area (Å²) in [6.45, 7) is -1.39. The van der Waals surface area contributed by atoms with Gasteiger partial charge in [0, 0.05) is 11.0 Å². The lowest BCUT2D eigenvalue weighted by Crippen LogP contribution is -2.23. The molecule has 0 aromatic heterocycles. The normalized spacial score (nSPS) is 12.3. The van der Waals surface area contributed by atoms with Gasteiger partial charge in [-0.2, -0.15) is 13.2 Å². The second-order valence-corrected chi connectivity index (χ2v) is 7.89. The minimum atomic E-state index is -4.36. The SMILES string of the molecule is O=S(=O)(NCc1ccc(COCC(F)(F)F)cc1)c1ccc(Br)cc1. The predicted molar refractivity (Wildman–Crippen MR) is 90.3 cm³/mol. The second-order valence-electron chi connectivity index (χ2n) is 5.20. The Morgan fingerprint density at radius 1 is 0.960 bits per heavy atom. The van der Waals surface area contributed by atoms with Gasteiger partial charge in [-0.25, -0.2) is 13.1 Å². The lowest BCUT2D eigenvalue weighted by atomic mass is 10.1. The zero-order valence-electron chi connectivity index (χ0n) is 12.9. The Bertz CT molecular complexity index is 791. The molecule has 0 saturated carbocycles. The molecule has 0 heterocycles. The van der Waals surface area contributed by atoms with E-state index in [0.717, 1.165) is 4.47 Å². The van der Waals surface area contributed by atoms with Gasteiger partial charge in [-0.15, -0.1) is 0 Å². The molecule has 0 aliphatic heterocycles. The molecular formula is C16H15BrF3NO3S. The summed E-state index contributed by atoms with van der Waals surface area (Å²) < 4.78 is 68.2. The van der Waals surface area contributed by atoms with Gasteiger partial charge in [0.15, 0.2) is 0 Å². The molecule has 0 amide bonds. The molecule has 2 aromatic carbocycles. The number of hydrogen-bond donors (Lipinski definition) is 1. The molecule has 1 N–H and O–H groups in total. The van der Waals surface area contributed by atoms with Gasteiger partial charge in [0.1, 0.15) is 6.61 Å². The summed E-state index contributed by atoms with van der Waals surface area (Å²) in [5.74, 6) is 0. The second kappa shape index (κ2) is 8.31. The molecule has 0 radical (unpaired) electrons. The van der Waals surface area contributed by atoms with E-state index in [1.165, 1.54) is 12.1 Å². The van der Waals surface area contributed by atoms with Gasteiger partial charge in [-0.3, -0.25) is 0 Å². The Morgan fingerprint density at radius 3 is 2.08 bits per heavy atom. The average molecular weight is 438 g/mol. The van der Waals surface area contributed by atoms with Gasteiger partial charge < -0.3 is 4.74 Å². The predicted octanol–water partition coefficient (Wildman–Crippen LogP) is 4.01. The maximum absolute atomic E-state index is 12.2. The Labute approximate surface area is 152 Å². The van der Waals surface area contributed by atoms with Crippen LogP contribution in [0.25, 0.3) is 0 Å². The van der Waals surface area contributed by atoms with E-state index < -0.39 is 22.8 Å². The number of hydrogen-bond acceptors (Lipinski definition) is 3. The molecule has 0 atom stereocenters. The van der Waals surface area contributed by atoms with Gasteiger partial charge in [0.2, 0.25) is 10.0 Å². The van der Waals surface area contributed by atoms with Crippen LogP contribution in [0.3, 0.4) is 0 Å². The molecule has 2 aromatic rings. The summed E-state index contributed by atoms with van der Waals surface area (Å²) in [7, 11) is -3.64. The van der Waals surface area contributed by atoms with E-state index in [1.807, 2.05) is 0 Å². The fraction of sp³-hybridized carbons (Fsp3) is 0.250. The highest BCUT2D eigenvalue weighted by molar-refractivity contribution is 9.10. The molecule has 25 heavy (non-hydrogen) atoms. The van der Waals surface area contributed by atoms with Crippen LogP contribution in [0.4, 0.5) is 13.2 Å². The molecule has 0 fully saturated rings. The standard InChI is InChI=1S/C16H15BrF3NO3S/c17-14-5-7-15(8-6-14)25(22,23)21-9-12-1-3-13(4-2-12)10-24-11-16(18,19)20/h1-8,21H,9-11H2. The monoisotopic (exact) mass is 437 g/mol. The van der Waals surface area contributed by atoms with Crippen molar-refractivity contribution < 1.29 is 26.3 Å². The zero-order valence-corrected chi connectivity index (χ0v) is 15.3. The summed E-state index contributed by atoms with van der Waals surface area (Å²) in [5, 5.41) is 0. The summed E-state index contributed by atoms with van der Waals surface area (Å²) in [4.78, 5) is 0.146. The summed E-state index contributed by atoms with van der Waals surface area (Å²) in [5.41, 5.74) is 1.25. The van der Waals surface area contributed by atoms with Crippen LogP contribution in [0.15, 0.2) is 57.9 Å². The van der Waals surface area contributed by atoms with Crippen LogP contribution >= 0.6 is 15.9 Å². The van der Waals surface area contributed by atoms with Crippen LogP contribution in [0.1, 0.15) is 11.1 Å². The number of rotatable bonds is 7. The number of sulfonamides is 1. The number of benzene rings is 2. The Kier molecular flexibility index (Phi) is 6.61. The van der Waals surface area contributed by atoms with Crippen molar-refractivity contribution in [2.45, 2.75) is 24.2 Å². The fourth-order valence-electron chi connectivity index (χ4n) is 1.91. The first kappa shape index (κ1) is 19.9. The first-order valence-electron chi connectivity index (χ1n) is 7.13. The third kappa shape index (κ3) is 6.77. The quantitative estimate of drug-likeness (QED) is 0.711. The Balaban J connectivity index is 1.89. The highest BCUT2D eigenvalue weighted by Gasteiger charge is 2.27. The van der Waals surface area contributed by atoms with Crippen molar-refractivity contribution in [1.29, 1.82) is 0 Å². The van der Waals surface area contributed by atoms with Gasteiger partial charge in [-0.05, 0) is 35.4 Å². The number of nitrogens with one attached hydrogen (secondary N) is 1. The van der Waals surface area contributed by atoms with Crippen molar-refractivity contribution >= 4 is 26.0 Å². The zero-order chi connectivity index (χ0) is 18.5. The molecule has 0 unspecified atom stereocenters. The molecule has 0 aliphatic carbocycles. The van der Waals surface area contributed by atoms with Crippen LogP contribution < -0.4 is 4.72 Å². The molecule has 4 nitrogen and oxygen atoms in total. The van der Waals surface area contributed by atoms with Crippen LogP contribution in [0.5, 0.6) is 0 Å². The molecule has 136 valence electrons. The Hall–Kier alpha value is -1.42. The minimum absolute atomic E-state index is 0.0715. The molecule has 0 bridgehead atoms. The van der Waals surface area contributed by atoms with E-state index in [-0.39, 0.29) is 18.0 Å². The average Bonchev–Trinajstić information content (AvgIpc) is 2.53. The lowest BCUT2D eigenvalue weighted by molar-refractivity contribution is -0.176. The third-order valence-electron chi connectivity index (χ3n) is 3.15. The van der Waals surface area contributed by atoms with Gasteiger partial charge in [0.25, 0.3) is 0 Å². The Morgan fingerprint density at radius 2 is 1.52 bits per heavy atom. The highest BCUT2D eigenvalue weighted by Crippen LogP contribution is 2.17. The van der Waals surface area contributed by atoms with Crippen molar-refractivity contribution in [2.75, 3.05) is 6.61 Å². The van der Waals surface area contributed by atoms with E-state index in [0.29, 0.717) is 11.1 Å². The third-order valence-corrected chi connectivity index (χ3v) is 5.09. The maximum Gasteiger partial charge on any atom is 0.411 e. The summed E-state index contributed by atoms with van der Waals surface area (Å²) >= 11 is 3.24. The molecule has 9 heteroatoms. The number of alkyl halides is 3. The van der Waals surface area contributed by atoms with Crippen LogP contribution in [0, 0.1) is 0 Å². The van der Waals surface area contributed by atoms with Crippen LogP contribution in [-0.4, -0.2) is 21.2 Å². The highest BCUT2D eigenvalue weighted by atomic mass is 79.9. The van der Waals surface area contributed by atoms with Gasteiger partial charge in [0.05, 0.1) is 11.5 Å². The fourth-order valence-corrected chi connectivity index (χ4v) is 3.20. The van der Waals surface area contributed by atoms with E-state index in [1.54, 1.807) is 36.4 Å². The van der Waals surface area contributed by atoms with E-state index >= 15 is 0 Å². The van der Waals surface area contributed by atoms with Crippen molar-refractivity contribution in [3.63, 3.8) is 0 Å².